The molecular formula is C36H44N2O3. The van der Waals surface area contributed by atoms with Crippen molar-refractivity contribution in [2.24, 2.45) is 11.8 Å². The zero-order valence-corrected chi connectivity index (χ0v) is 24.7. The van der Waals surface area contributed by atoms with E-state index < -0.39 is 6.52 Å². The van der Waals surface area contributed by atoms with E-state index in [-0.39, 0.29) is 29.6 Å². The van der Waals surface area contributed by atoms with Crippen LogP contribution in [-0.2, 0) is 20.8 Å². The van der Waals surface area contributed by atoms with Crippen molar-refractivity contribution < 1.29 is 15.7 Å². The van der Waals surface area contributed by atoms with E-state index in [4.69, 9.17) is 4.74 Å². The van der Waals surface area contributed by atoms with Gasteiger partial charge in [0.25, 0.3) is 0 Å². The molecule has 0 spiro atoms. The number of esters is 1. The summed E-state index contributed by atoms with van der Waals surface area (Å²) in [4.78, 5) is 30.5. The smallest absolute Gasteiger partial charge is 0.309 e. The van der Waals surface area contributed by atoms with Crippen LogP contribution in [-0.4, -0.2) is 33.1 Å². The van der Waals surface area contributed by atoms with Crippen molar-refractivity contribution in [3.8, 4) is 11.1 Å². The Morgan fingerprint density at radius 2 is 1.44 bits per heavy atom. The van der Waals surface area contributed by atoms with Crippen LogP contribution in [0, 0.1) is 11.8 Å². The summed E-state index contributed by atoms with van der Waals surface area (Å²) < 4.78 is 14.5. The van der Waals surface area contributed by atoms with E-state index >= 15 is 0 Å². The van der Waals surface area contributed by atoms with Gasteiger partial charge in [0.2, 0.25) is 5.91 Å². The summed E-state index contributed by atoms with van der Waals surface area (Å²) in [5, 5.41) is 0. The van der Waals surface area contributed by atoms with E-state index in [1.165, 1.54) is 7.11 Å². The van der Waals surface area contributed by atoms with Crippen molar-refractivity contribution >= 4 is 23.3 Å². The zero-order valence-electron chi connectivity index (χ0n) is 25.7. The minimum atomic E-state index is -0.873. The van der Waals surface area contributed by atoms with E-state index in [9.17, 15) is 11.0 Å². The number of nitrogens with zero attached hydrogens (tertiary/aromatic N) is 2. The van der Waals surface area contributed by atoms with Crippen molar-refractivity contribution in [1.29, 1.82) is 0 Å². The summed E-state index contributed by atoms with van der Waals surface area (Å²) in [6.45, 7) is -0.873. The maximum atomic E-state index is 14.1. The van der Waals surface area contributed by atoms with Crippen LogP contribution < -0.4 is 9.80 Å². The normalized spacial score (nSPS) is 20.5. The highest BCUT2D eigenvalue weighted by Gasteiger charge is 2.34. The molecule has 1 amide bonds. The maximum absolute atomic E-state index is 14.1. The summed E-state index contributed by atoms with van der Waals surface area (Å²) in [5.74, 6) is -0.312. The van der Waals surface area contributed by atoms with Gasteiger partial charge in [0, 0.05) is 31.4 Å². The molecule has 5 rings (SSSR count). The monoisotopic (exact) mass is 553 g/mol. The van der Waals surface area contributed by atoms with Gasteiger partial charge in [0.05, 0.1) is 20.9 Å². The van der Waals surface area contributed by atoms with Gasteiger partial charge < -0.3 is 14.5 Å². The van der Waals surface area contributed by atoms with Crippen molar-refractivity contribution in [2.45, 2.75) is 70.2 Å². The molecule has 2 aliphatic rings. The lowest BCUT2D eigenvalue weighted by molar-refractivity contribution is -0.147. The average molecular weight is 554 g/mol. The molecule has 0 saturated heterocycles. The van der Waals surface area contributed by atoms with Gasteiger partial charge in [-0.15, -0.1) is 0 Å². The quantitative estimate of drug-likeness (QED) is 0.265. The van der Waals surface area contributed by atoms with Crippen LogP contribution in [0.4, 0.5) is 11.4 Å². The van der Waals surface area contributed by atoms with E-state index in [2.05, 4.69) is 41.3 Å². The molecule has 3 aromatic rings. The third-order valence-corrected chi connectivity index (χ3v) is 8.94. The Morgan fingerprint density at radius 3 is 2.10 bits per heavy atom. The van der Waals surface area contributed by atoms with Gasteiger partial charge in [-0.2, -0.15) is 0 Å². The predicted molar refractivity (Wildman–Crippen MR) is 167 cm³/mol. The molecular weight excluding hydrogens is 508 g/mol. The molecule has 0 aliphatic heterocycles. The third-order valence-electron chi connectivity index (χ3n) is 8.94. The molecule has 0 N–H and O–H groups in total. The summed E-state index contributed by atoms with van der Waals surface area (Å²) in [6.07, 6.45) is 8.84. The fraction of sp³-hybridized carbons (Fsp3) is 0.444. The van der Waals surface area contributed by atoms with Crippen LogP contribution in [0.15, 0.2) is 72.8 Å². The van der Waals surface area contributed by atoms with Gasteiger partial charge in [-0.1, -0.05) is 80.6 Å². The Bertz CT molecular complexity index is 1350. The Balaban J connectivity index is 1.46. The SMILES string of the molecule is [2H][C@H](c1ccc(-c2ccc(N(C)C)cc2)cc1)N(C(=O)C1CCCCC1)c1cccc(C2CCCCC2C(=O)OC)c1. The molecule has 2 saturated carbocycles. The maximum Gasteiger partial charge on any atom is 0.309 e. The van der Waals surface area contributed by atoms with Gasteiger partial charge in [-0.3, -0.25) is 9.59 Å². The van der Waals surface area contributed by atoms with Crippen LogP contribution >= 0.6 is 0 Å². The number of methoxy groups -OCH3 is 1. The number of benzene rings is 3. The van der Waals surface area contributed by atoms with Crippen LogP contribution in [0.1, 0.15) is 76.2 Å². The zero-order chi connectivity index (χ0) is 29.6. The molecule has 2 unspecified atom stereocenters. The number of carbonyl (C=O) groups excluding carboxylic acids is 2. The van der Waals surface area contributed by atoms with Crippen molar-refractivity contribution in [3.05, 3.63) is 83.9 Å². The van der Waals surface area contributed by atoms with Crippen LogP contribution in [0.5, 0.6) is 0 Å². The van der Waals surface area contributed by atoms with Crippen LogP contribution in [0.3, 0.4) is 0 Å². The fourth-order valence-corrected chi connectivity index (χ4v) is 6.54. The highest BCUT2D eigenvalue weighted by Crippen LogP contribution is 2.40. The first-order valence-electron chi connectivity index (χ1n) is 15.8. The molecule has 2 aliphatic carbocycles. The number of hydrogen-bond donors (Lipinski definition) is 0. The molecule has 41 heavy (non-hydrogen) atoms. The number of ether oxygens (including phenoxy) is 1. The van der Waals surface area contributed by atoms with Crippen molar-refractivity contribution in [1.82, 2.24) is 0 Å². The average Bonchev–Trinajstić information content (AvgIpc) is 3.05. The minimum Gasteiger partial charge on any atom is -0.469 e. The van der Waals surface area contributed by atoms with E-state index in [0.717, 1.165) is 91.4 Å². The number of carbonyl (C=O) groups is 2. The first-order valence-corrected chi connectivity index (χ1v) is 15.2. The standard InChI is InChI=1S/C36H44N2O3/c1-37(2)31-22-20-28(21-23-31)27-18-16-26(17-19-27)25-38(35(39)29-10-5-4-6-11-29)32-13-9-12-30(24-32)33-14-7-8-15-34(33)36(40)41-3/h9,12-13,16-24,29,33-34H,4-8,10-11,14-15,25H2,1-3H3/i25D/t25-,33?,34?/m1/s1. The first-order chi connectivity index (χ1) is 20.4. The Morgan fingerprint density at radius 1 is 0.805 bits per heavy atom. The molecule has 0 aromatic heterocycles. The second-order valence-electron chi connectivity index (χ2n) is 11.9. The number of amides is 1. The molecule has 3 aromatic carbocycles. The Labute approximate surface area is 246 Å². The third kappa shape index (κ3) is 6.83. The fourth-order valence-electron chi connectivity index (χ4n) is 6.54. The lowest BCUT2D eigenvalue weighted by Gasteiger charge is -2.32. The minimum absolute atomic E-state index is 0.0309. The summed E-state index contributed by atoms with van der Waals surface area (Å²) >= 11 is 0. The molecule has 3 atom stereocenters. The molecule has 2 fully saturated rings. The molecule has 0 radical (unpaired) electrons. The molecule has 0 heterocycles. The van der Waals surface area contributed by atoms with Crippen LogP contribution in [0.2, 0.25) is 0 Å². The molecule has 5 heteroatoms. The number of hydrogen-bond acceptors (Lipinski definition) is 4. The number of anilines is 2. The Kier molecular flexibility index (Phi) is 8.99. The first kappa shape index (κ1) is 27.6. The lowest BCUT2D eigenvalue weighted by atomic mass is 9.75. The predicted octanol–water partition coefficient (Wildman–Crippen LogP) is 7.98. The van der Waals surface area contributed by atoms with Gasteiger partial charge in [0.15, 0.2) is 0 Å². The second-order valence-corrected chi connectivity index (χ2v) is 11.9. The number of rotatable bonds is 8. The van der Waals surface area contributed by atoms with Gasteiger partial charge in [-0.25, -0.2) is 0 Å². The van der Waals surface area contributed by atoms with Crippen LogP contribution in [0.25, 0.3) is 11.1 Å². The lowest BCUT2D eigenvalue weighted by Crippen LogP contribution is -2.37. The summed E-state index contributed by atoms with van der Waals surface area (Å²) in [7, 11) is 5.52. The highest BCUT2D eigenvalue weighted by atomic mass is 16.5. The van der Waals surface area contributed by atoms with E-state index in [0.29, 0.717) is 0 Å². The Hall–Kier alpha value is -3.60. The van der Waals surface area contributed by atoms with E-state index in [1.807, 2.05) is 50.5 Å². The van der Waals surface area contributed by atoms with Crippen molar-refractivity contribution in [3.63, 3.8) is 0 Å². The van der Waals surface area contributed by atoms with E-state index in [1.54, 1.807) is 4.90 Å². The highest BCUT2D eigenvalue weighted by molar-refractivity contribution is 5.95. The summed E-state index contributed by atoms with van der Waals surface area (Å²) in [5.41, 5.74) is 5.90. The topological polar surface area (TPSA) is 49.9 Å². The second kappa shape index (κ2) is 13.4. The van der Waals surface area contributed by atoms with Crippen molar-refractivity contribution in [2.75, 3.05) is 31.0 Å². The summed E-state index contributed by atoms with van der Waals surface area (Å²) in [6, 6.07) is 24.5. The largest absolute Gasteiger partial charge is 0.469 e. The molecule has 5 nitrogen and oxygen atoms in total. The molecule has 216 valence electrons. The van der Waals surface area contributed by atoms with Gasteiger partial charge >= 0.3 is 5.97 Å². The molecule has 0 bridgehead atoms. The van der Waals surface area contributed by atoms with Gasteiger partial charge in [0.1, 0.15) is 0 Å². The van der Waals surface area contributed by atoms with Gasteiger partial charge in [-0.05, 0) is 78.1 Å².